The Hall–Kier alpha value is 0.490. The van der Waals surface area contributed by atoms with Crippen LogP contribution in [0.4, 0.5) is 4.79 Å². The second kappa shape index (κ2) is 9.09. The van der Waals surface area contributed by atoms with Gasteiger partial charge in [-0.2, -0.15) is 0 Å². The number of rotatable bonds is 0. The number of hydrogen-bond donors (Lipinski definition) is 0. The zero-order chi connectivity index (χ0) is 3.58. The van der Waals surface area contributed by atoms with Crippen LogP contribution >= 0.6 is 0 Å². The normalized spacial score (nSPS) is 4.00. The van der Waals surface area contributed by atoms with Crippen molar-refractivity contribution in [1.29, 1.82) is 0 Å². The van der Waals surface area contributed by atoms with Crippen LogP contribution in [0.5, 0.6) is 0 Å². The molecule has 0 radical (unpaired) electrons. The minimum absolute atomic E-state index is 0. The first-order valence-electron chi connectivity index (χ1n) is 0.612. The number of carbonyl (C=O) groups excluding carboxylic acids is 1. The van der Waals surface area contributed by atoms with E-state index >= 15 is 0 Å². The number of carboxylic acid groups (broad SMARTS) is 2. The van der Waals surface area contributed by atoms with Gasteiger partial charge in [0.15, 0.2) is 0 Å². The fraction of sp³-hybridized carbons (Fsp3) is 0. The van der Waals surface area contributed by atoms with E-state index in [0.29, 0.717) is 0 Å². The third kappa shape index (κ3) is 228. The van der Waals surface area contributed by atoms with E-state index in [0.717, 1.165) is 0 Å². The molecule has 0 aliphatic rings. The van der Waals surface area contributed by atoms with Gasteiger partial charge in [0.2, 0.25) is 0 Å². The van der Waals surface area contributed by atoms with E-state index in [2.05, 4.69) is 0 Å². The largest absolute Gasteiger partial charge is 2.00 e. The van der Waals surface area contributed by atoms with Crippen molar-refractivity contribution in [2.45, 2.75) is 0 Å². The Labute approximate surface area is 64.1 Å². The predicted octanol–water partition coefficient (Wildman–Crippen LogP) is -3.65. The Balaban J connectivity index is -0.0000000450. The molecular weight excluding hydrogens is 116 g/mol. The van der Waals surface area contributed by atoms with E-state index in [9.17, 15) is 0 Å². The first kappa shape index (κ1) is 16.1. The van der Waals surface area contributed by atoms with Gasteiger partial charge in [0.1, 0.15) is 0 Å². The maximum atomic E-state index is 8.33. The molecule has 0 fully saturated rings. The van der Waals surface area contributed by atoms with Crippen LogP contribution in [0.25, 0.3) is 0 Å². The molecule has 2 N–H and O–H groups in total. The first-order valence-corrected chi connectivity index (χ1v) is 0.612. The molecule has 0 heterocycles. The zero-order valence-corrected chi connectivity index (χ0v) is 5.14. The quantitative estimate of drug-likeness (QED) is 0.307. The molecule has 0 unspecified atom stereocenters. The smallest absolute Gasteiger partial charge is 0.652 e. The van der Waals surface area contributed by atoms with Gasteiger partial charge in [-0.25, -0.2) is 0 Å². The van der Waals surface area contributed by atoms with Gasteiger partial charge in [-0.1, -0.05) is 0 Å². The molecule has 32 valence electrons. The van der Waals surface area contributed by atoms with E-state index in [1.165, 1.54) is 0 Å². The average molecular weight is 118 g/mol. The maximum Gasteiger partial charge on any atom is 2.00 e. The van der Waals surface area contributed by atoms with E-state index in [4.69, 9.17) is 15.0 Å². The molecule has 5 heteroatoms. The van der Waals surface area contributed by atoms with Crippen LogP contribution in [0, 0.1) is 0 Å². The van der Waals surface area contributed by atoms with Gasteiger partial charge in [0.05, 0.1) is 0 Å². The van der Waals surface area contributed by atoms with E-state index in [-0.39, 0.29) is 43.2 Å². The first-order chi connectivity index (χ1) is 1.73. The minimum atomic E-state index is -2.33. The Bertz CT molecular complexity index is 30.5. The van der Waals surface area contributed by atoms with E-state index in [1.54, 1.807) is 0 Å². The summed E-state index contributed by atoms with van der Waals surface area (Å²) in [6.45, 7) is 0. The molecule has 0 bridgehead atoms. The van der Waals surface area contributed by atoms with Crippen LogP contribution in [-0.4, -0.2) is 49.4 Å². The molecule has 0 saturated heterocycles. The van der Waals surface area contributed by atoms with Crippen molar-refractivity contribution in [1.82, 2.24) is 0 Å². The molecule has 0 aromatic rings. The molecule has 0 atom stereocenters. The zero-order valence-electron chi connectivity index (χ0n) is 2.93. The standard InChI is InChI=1S/CH2O3.Ca.H2O/c2-1(3)4;;/h(H2,2,3,4);;1H2/q;+2;/p-2. The van der Waals surface area contributed by atoms with Crippen molar-refractivity contribution < 1.29 is 20.5 Å². The SMILES string of the molecule is O.O=C([O-])[O-].[Ca+2]. The summed E-state index contributed by atoms with van der Waals surface area (Å²) >= 11 is 0. The average Bonchev–Trinajstić information content (AvgIpc) is 0.811. The van der Waals surface area contributed by atoms with E-state index < -0.39 is 6.16 Å². The van der Waals surface area contributed by atoms with Crippen LogP contribution in [0.15, 0.2) is 0 Å². The van der Waals surface area contributed by atoms with Gasteiger partial charge in [0.25, 0.3) is 0 Å². The molecular formula is CH2CaO4. The van der Waals surface area contributed by atoms with Gasteiger partial charge in [-0.15, -0.1) is 0 Å². The van der Waals surface area contributed by atoms with Crippen molar-refractivity contribution in [3.8, 4) is 0 Å². The summed E-state index contributed by atoms with van der Waals surface area (Å²) in [6, 6.07) is 0. The van der Waals surface area contributed by atoms with Gasteiger partial charge >= 0.3 is 37.7 Å². The summed E-state index contributed by atoms with van der Waals surface area (Å²) in [5, 5.41) is 16.7. The summed E-state index contributed by atoms with van der Waals surface area (Å²) in [5.74, 6) is 0. The summed E-state index contributed by atoms with van der Waals surface area (Å²) in [5.41, 5.74) is 0. The number of carbonyl (C=O) groups is 1. The molecule has 0 aromatic carbocycles. The van der Waals surface area contributed by atoms with E-state index in [1.807, 2.05) is 0 Å². The second-order valence-electron chi connectivity index (χ2n) is 0.250. The predicted molar refractivity (Wildman–Crippen MR) is 14.8 cm³/mol. The molecule has 6 heavy (non-hydrogen) atoms. The minimum Gasteiger partial charge on any atom is -0.652 e. The molecule has 4 nitrogen and oxygen atoms in total. The summed E-state index contributed by atoms with van der Waals surface area (Å²) in [6.07, 6.45) is -2.33. The molecule has 0 spiro atoms. The van der Waals surface area contributed by atoms with Crippen molar-refractivity contribution in [2.24, 2.45) is 0 Å². The van der Waals surface area contributed by atoms with Crippen molar-refractivity contribution in [3.63, 3.8) is 0 Å². The van der Waals surface area contributed by atoms with Gasteiger partial charge in [-0.05, 0) is 6.16 Å². The fourth-order valence-electron chi connectivity index (χ4n) is 0. The molecule has 0 rings (SSSR count). The Morgan fingerprint density at radius 1 is 1.33 bits per heavy atom. The Morgan fingerprint density at radius 3 is 1.33 bits per heavy atom. The molecule has 0 aliphatic heterocycles. The van der Waals surface area contributed by atoms with Crippen molar-refractivity contribution >= 4 is 43.9 Å². The van der Waals surface area contributed by atoms with Crippen LogP contribution in [0.3, 0.4) is 0 Å². The summed E-state index contributed by atoms with van der Waals surface area (Å²) in [7, 11) is 0. The van der Waals surface area contributed by atoms with Crippen LogP contribution < -0.4 is 10.2 Å². The third-order valence-electron chi connectivity index (χ3n) is 0. The number of hydrogen-bond acceptors (Lipinski definition) is 3. The van der Waals surface area contributed by atoms with Crippen LogP contribution in [-0.2, 0) is 0 Å². The van der Waals surface area contributed by atoms with Crippen LogP contribution in [0.1, 0.15) is 0 Å². The molecule has 0 saturated carbocycles. The summed E-state index contributed by atoms with van der Waals surface area (Å²) < 4.78 is 0. The monoisotopic (exact) mass is 118 g/mol. The summed E-state index contributed by atoms with van der Waals surface area (Å²) in [4.78, 5) is 8.33. The van der Waals surface area contributed by atoms with Crippen molar-refractivity contribution in [2.75, 3.05) is 0 Å². The van der Waals surface area contributed by atoms with Crippen LogP contribution in [0.2, 0.25) is 0 Å². The Kier molecular flexibility index (Phi) is 24.3. The molecule has 0 aliphatic carbocycles. The van der Waals surface area contributed by atoms with Crippen molar-refractivity contribution in [3.05, 3.63) is 0 Å². The second-order valence-corrected chi connectivity index (χ2v) is 0.250. The molecule has 0 aromatic heterocycles. The maximum absolute atomic E-state index is 8.33. The molecule has 0 amide bonds. The fourth-order valence-corrected chi connectivity index (χ4v) is 0. The van der Waals surface area contributed by atoms with Gasteiger partial charge in [-0.3, -0.25) is 0 Å². The van der Waals surface area contributed by atoms with Gasteiger partial charge in [0, 0.05) is 0 Å². The van der Waals surface area contributed by atoms with Gasteiger partial charge < -0.3 is 20.5 Å². The third-order valence-corrected chi connectivity index (χ3v) is 0. The topological polar surface area (TPSA) is 94.7 Å². The Morgan fingerprint density at radius 2 is 1.33 bits per heavy atom.